The van der Waals surface area contributed by atoms with Gasteiger partial charge in [-0.1, -0.05) is 30.7 Å². The lowest BCUT2D eigenvalue weighted by molar-refractivity contribution is -0.142. The number of nitrogens with one attached hydrogen (secondary N) is 1. The molecule has 9 heteroatoms. The fourth-order valence-corrected chi connectivity index (χ4v) is 5.19. The molecule has 0 aromatic rings. The van der Waals surface area contributed by atoms with Gasteiger partial charge in [-0.3, -0.25) is 9.59 Å². The monoisotopic (exact) mass is 546 g/mol. The highest BCUT2D eigenvalue weighted by atomic mass is 16.6. The first-order chi connectivity index (χ1) is 18.4. The number of amides is 2. The maximum Gasteiger partial charge on any atom is 0.410 e. The van der Waals surface area contributed by atoms with Crippen LogP contribution in [0.25, 0.3) is 0 Å². The molecule has 0 aromatic heterocycles. The van der Waals surface area contributed by atoms with E-state index < -0.39 is 17.8 Å². The predicted octanol–water partition coefficient (Wildman–Crippen LogP) is 4.12. The van der Waals surface area contributed by atoms with Gasteiger partial charge in [0.05, 0.1) is 43.2 Å². The summed E-state index contributed by atoms with van der Waals surface area (Å²) in [6, 6.07) is -0.103. The lowest BCUT2D eigenvalue weighted by Crippen LogP contribution is -2.50. The molecule has 1 unspecified atom stereocenters. The highest BCUT2D eigenvalue weighted by molar-refractivity contribution is 5.87. The third-order valence-electron chi connectivity index (χ3n) is 7.39. The smallest absolute Gasteiger partial charge is 0.410 e. The summed E-state index contributed by atoms with van der Waals surface area (Å²) < 4.78 is 22.9. The normalized spacial score (nSPS) is 30.9. The Morgan fingerprint density at radius 3 is 2.62 bits per heavy atom. The number of carbonyl (C=O) groups is 3. The van der Waals surface area contributed by atoms with Crippen LogP contribution < -0.4 is 5.32 Å². The average Bonchev–Trinajstić information content (AvgIpc) is 2.86. The maximum absolute atomic E-state index is 12.5. The number of hydrogen-bond donors (Lipinski definition) is 1. The molecule has 2 amide bonds. The van der Waals surface area contributed by atoms with Crippen LogP contribution in [0, 0.1) is 5.92 Å². The maximum atomic E-state index is 12.5. The van der Waals surface area contributed by atoms with Crippen molar-refractivity contribution in [2.24, 2.45) is 5.92 Å². The van der Waals surface area contributed by atoms with Gasteiger partial charge in [0.25, 0.3) is 0 Å². The number of rotatable bonds is 8. The fraction of sp³-hybridized carbons (Fsp3) is 0.700. The summed E-state index contributed by atoms with van der Waals surface area (Å²) in [5.41, 5.74) is 0.682. The number of Topliss-reactive ketones (excluding diaryl/α,β-unsaturated/α-hetero) is 1. The van der Waals surface area contributed by atoms with E-state index >= 15 is 0 Å². The number of morpholine rings is 1. The summed E-state index contributed by atoms with van der Waals surface area (Å²) in [6.07, 6.45) is 10.4. The first-order valence-corrected chi connectivity index (χ1v) is 14.1. The van der Waals surface area contributed by atoms with Crippen molar-refractivity contribution in [3.63, 3.8) is 0 Å². The fourth-order valence-electron chi connectivity index (χ4n) is 5.19. The van der Waals surface area contributed by atoms with Crippen LogP contribution in [-0.4, -0.2) is 85.0 Å². The van der Waals surface area contributed by atoms with Gasteiger partial charge in [0, 0.05) is 32.0 Å². The zero-order valence-corrected chi connectivity index (χ0v) is 24.3. The molecule has 0 saturated carbocycles. The number of ketones is 1. The lowest BCUT2D eigenvalue weighted by Gasteiger charge is -2.39. The van der Waals surface area contributed by atoms with Gasteiger partial charge in [0.15, 0.2) is 0 Å². The van der Waals surface area contributed by atoms with Gasteiger partial charge < -0.3 is 29.2 Å². The van der Waals surface area contributed by atoms with E-state index in [9.17, 15) is 14.4 Å². The molecule has 218 valence electrons. The van der Waals surface area contributed by atoms with Crippen LogP contribution in [0.3, 0.4) is 0 Å². The second-order valence-corrected chi connectivity index (χ2v) is 11.6. The summed E-state index contributed by atoms with van der Waals surface area (Å²) in [5, 5.41) is 3.04. The molecule has 0 aromatic carbocycles. The number of ether oxygens (including phenoxy) is 4. The highest BCUT2D eigenvalue weighted by Crippen LogP contribution is 2.29. The molecular formula is C30H46N2O7. The van der Waals surface area contributed by atoms with Gasteiger partial charge in [-0.15, -0.1) is 0 Å². The summed E-state index contributed by atoms with van der Waals surface area (Å²) in [7, 11) is 0. The molecule has 39 heavy (non-hydrogen) atoms. The third-order valence-corrected chi connectivity index (χ3v) is 7.39. The quantitative estimate of drug-likeness (QED) is 0.361. The average molecular weight is 547 g/mol. The minimum absolute atomic E-state index is 0.0538. The molecule has 3 saturated heterocycles. The minimum Gasteiger partial charge on any atom is -0.442 e. The summed E-state index contributed by atoms with van der Waals surface area (Å²) in [6.45, 7) is 13.8. The first-order valence-electron chi connectivity index (χ1n) is 14.1. The van der Waals surface area contributed by atoms with Crippen molar-refractivity contribution >= 4 is 17.8 Å². The van der Waals surface area contributed by atoms with Crippen LogP contribution in [0.1, 0.15) is 67.2 Å². The number of nitrogens with zero attached hydrogens (tertiary/aromatic N) is 1. The molecule has 6 atom stereocenters. The van der Waals surface area contributed by atoms with E-state index in [1.165, 1.54) is 6.08 Å². The van der Waals surface area contributed by atoms with Crippen LogP contribution in [-0.2, 0) is 28.5 Å². The van der Waals surface area contributed by atoms with E-state index in [1.54, 1.807) is 17.9 Å². The van der Waals surface area contributed by atoms with Crippen LogP contribution in [0.4, 0.5) is 4.79 Å². The van der Waals surface area contributed by atoms with Crippen molar-refractivity contribution in [3.05, 3.63) is 36.0 Å². The van der Waals surface area contributed by atoms with E-state index in [-0.39, 0.29) is 42.0 Å². The summed E-state index contributed by atoms with van der Waals surface area (Å²) in [5.74, 6) is 0.264. The van der Waals surface area contributed by atoms with Gasteiger partial charge in [-0.25, -0.2) is 4.79 Å². The Morgan fingerprint density at radius 1 is 1.21 bits per heavy atom. The first kappa shape index (κ1) is 31.0. The van der Waals surface area contributed by atoms with Gasteiger partial charge in [0.2, 0.25) is 5.91 Å². The van der Waals surface area contributed by atoms with E-state index in [0.29, 0.717) is 39.1 Å². The van der Waals surface area contributed by atoms with E-state index in [0.717, 1.165) is 18.4 Å². The second kappa shape index (κ2) is 14.2. The van der Waals surface area contributed by atoms with Gasteiger partial charge in [0.1, 0.15) is 11.9 Å². The van der Waals surface area contributed by atoms with Crippen LogP contribution in [0.2, 0.25) is 0 Å². The van der Waals surface area contributed by atoms with Crippen molar-refractivity contribution in [3.8, 4) is 0 Å². The summed E-state index contributed by atoms with van der Waals surface area (Å²) >= 11 is 0. The molecule has 0 aliphatic carbocycles. The predicted molar refractivity (Wildman–Crippen MR) is 148 cm³/mol. The molecule has 3 fully saturated rings. The zero-order chi connectivity index (χ0) is 28.6. The molecule has 1 N–H and O–H groups in total. The Balaban J connectivity index is 1.42. The SMILES string of the molecule is CC(/C=C/C1CC(=O)CC(C)(C)O1)=C\C[C@@H]1O[C@H](C)[C@H](NC(=O)/C=C\[C@H](C)OC(=O)N2CCOCC2)C[C@@H]1C. The van der Waals surface area contributed by atoms with Crippen LogP contribution in [0.5, 0.6) is 0 Å². The molecule has 9 nitrogen and oxygen atoms in total. The zero-order valence-electron chi connectivity index (χ0n) is 24.3. The van der Waals surface area contributed by atoms with E-state index in [1.807, 2.05) is 39.8 Å². The van der Waals surface area contributed by atoms with Crippen molar-refractivity contribution in [2.75, 3.05) is 26.3 Å². The molecule has 0 bridgehead atoms. The Bertz CT molecular complexity index is 951. The van der Waals surface area contributed by atoms with Crippen LogP contribution in [0.15, 0.2) is 36.0 Å². The Morgan fingerprint density at radius 2 is 1.92 bits per heavy atom. The number of allylic oxidation sites excluding steroid dienone is 2. The van der Waals surface area contributed by atoms with Crippen molar-refractivity contribution in [1.82, 2.24) is 10.2 Å². The van der Waals surface area contributed by atoms with Gasteiger partial charge >= 0.3 is 6.09 Å². The molecule has 0 spiro atoms. The largest absolute Gasteiger partial charge is 0.442 e. The van der Waals surface area contributed by atoms with E-state index in [2.05, 4.69) is 18.3 Å². The van der Waals surface area contributed by atoms with Gasteiger partial charge in [-0.05, 0) is 59.5 Å². The second-order valence-electron chi connectivity index (χ2n) is 11.6. The topological polar surface area (TPSA) is 103 Å². The molecule has 3 aliphatic heterocycles. The molecule has 3 aliphatic rings. The number of carbonyl (C=O) groups excluding carboxylic acids is 3. The highest BCUT2D eigenvalue weighted by Gasteiger charge is 2.34. The Labute approximate surface area is 232 Å². The Kier molecular flexibility index (Phi) is 11.3. The number of hydrogen-bond acceptors (Lipinski definition) is 7. The molecular weight excluding hydrogens is 500 g/mol. The van der Waals surface area contributed by atoms with Crippen molar-refractivity contribution < 1.29 is 33.3 Å². The summed E-state index contributed by atoms with van der Waals surface area (Å²) in [4.78, 5) is 38.3. The molecule has 3 rings (SSSR count). The minimum atomic E-state index is -0.518. The molecule has 3 heterocycles. The van der Waals surface area contributed by atoms with E-state index in [4.69, 9.17) is 18.9 Å². The Hall–Kier alpha value is -2.49. The van der Waals surface area contributed by atoms with Crippen molar-refractivity contribution in [1.29, 1.82) is 0 Å². The standard InChI is InChI=1S/C30H46N2O7/c1-20(7-10-25-18-24(33)19-30(5,6)39-25)8-11-27-21(2)17-26(23(4)38-27)31-28(34)12-9-22(3)37-29(35)32-13-15-36-16-14-32/h7-10,12,21-23,25-27H,11,13-19H2,1-6H3,(H,31,34)/b10-7+,12-9-,20-8+/t21-,22-,23+,25?,26+,27-/m0/s1. The van der Waals surface area contributed by atoms with Crippen LogP contribution >= 0.6 is 0 Å². The van der Waals surface area contributed by atoms with Gasteiger partial charge in [-0.2, -0.15) is 0 Å². The lowest BCUT2D eigenvalue weighted by atomic mass is 9.88. The molecule has 0 radical (unpaired) electrons. The van der Waals surface area contributed by atoms with Crippen molar-refractivity contribution in [2.45, 2.75) is 103 Å². The third kappa shape index (κ3) is 10.2.